The molecule has 6 heteroatoms. The maximum atomic E-state index is 12.9. The van der Waals surface area contributed by atoms with Crippen LogP contribution in [0.25, 0.3) is 0 Å². The second-order valence-corrected chi connectivity index (χ2v) is 6.91. The van der Waals surface area contributed by atoms with Crippen molar-refractivity contribution in [3.8, 4) is 5.75 Å². The van der Waals surface area contributed by atoms with E-state index in [1.165, 1.54) is 0 Å². The minimum atomic E-state index is -0.991. The third-order valence-corrected chi connectivity index (χ3v) is 5.26. The van der Waals surface area contributed by atoms with Gasteiger partial charge >= 0.3 is 5.97 Å². The number of nitrogens with zero attached hydrogens (tertiary/aromatic N) is 1. The lowest BCUT2D eigenvalue weighted by atomic mass is 9.79. The van der Waals surface area contributed by atoms with Gasteiger partial charge in [-0.25, -0.2) is 0 Å². The molecule has 3 unspecified atom stereocenters. The van der Waals surface area contributed by atoms with Crippen LogP contribution in [-0.4, -0.2) is 23.4 Å². The molecular formula is C20H20N2O3S. The summed E-state index contributed by atoms with van der Waals surface area (Å²) in [6, 6.07) is 17.1. The highest BCUT2D eigenvalue weighted by molar-refractivity contribution is 7.80. The van der Waals surface area contributed by atoms with E-state index in [0.717, 1.165) is 17.0 Å². The van der Waals surface area contributed by atoms with Gasteiger partial charge in [-0.15, -0.1) is 0 Å². The molecule has 1 saturated heterocycles. The van der Waals surface area contributed by atoms with Crippen molar-refractivity contribution < 1.29 is 14.3 Å². The number of hydrogen-bond donors (Lipinski definition) is 1. The largest absolute Gasteiger partial charge is 0.466 e. The summed E-state index contributed by atoms with van der Waals surface area (Å²) in [6.07, 6.45) is 0. The molecule has 2 bridgehead atoms. The zero-order valence-electron chi connectivity index (χ0n) is 14.6. The predicted octanol–water partition coefficient (Wildman–Crippen LogP) is 3.41. The van der Waals surface area contributed by atoms with E-state index >= 15 is 0 Å². The van der Waals surface area contributed by atoms with Gasteiger partial charge in [0.05, 0.1) is 12.6 Å². The van der Waals surface area contributed by atoms with Crippen LogP contribution in [0, 0.1) is 5.92 Å². The Labute approximate surface area is 157 Å². The van der Waals surface area contributed by atoms with Gasteiger partial charge in [-0.2, -0.15) is 0 Å². The number of anilines is 1. The van der Waals surface area contributed by atoms with Gasteiger partial charge in [-0.1, -0.05) is 36.4 Å². The van der Waals surface area contributed by atoms with E-state index in [1.807, 2.05) is 66.4 Å². The molecule has 1 N–H and O–H groups in total. The number of rotatable bonds is 3. The standard InChI is InChI=1S/C20H20N2O3S/c1-3-24-18(23)16-17-14-11-7-8-12-15(14)25-20(16,2)22(19(26)21-17)13-9-5-4-6-10-13/h4-12,16-17H,3H2,1-2H3,(H,21,26). The fraction of sp³-hybridized carbons (Fsp3) is 0.300. The summed E-state index contributed by atoms with van der Waals surface area (Å²) in [6.45, 7) is 4.02. The molecule has 134 valence electrons. The number of fused-ring (bicyclic) bond motifs is 4. The third kappa shape index (κ3) is 2.44. The maximum absolute atomic E-state index is 12.9. The molecule has 0 aromatic heterocycles. The van der Waals surface area contributed by atoms with E-state index in [9.17, 15) is 4.79 Å². The van der Waals surface area contributed by atoms with Crippen LogP contribution in [0.3, 0.4) is 0 Å². The zero-order chi connectivity index (χ0) is 18.3. The normalized spacial score (nSPS) is 26.4. The molecule has 2 aromatic rings. The summed E-state index contributed by atoms with van der Waals surface area (Å²) in [5.41, 5.74) is 0.785. The number of thiocarbonyl (C=S) groups is 1. The van der Waals surface area contributed by atoms with Crippen molar-refractivity contribution in [2.45, 2.75) is 25.6 Å². The third-order valence-electron chi connectivity index (χ3n) is 4.96. The summed E-state index contributed by atoms with van der Waals surface area (Å²) in [5.74, 6) is -0.119. The number of nitrogens with one attached hydrogen (secondary N) is 1. The second kappa shape index (κ2) is 6.29. The van der Waals surface area contributed by atoms with E-state index in [0.29, 0.717) is 11.7 Å². The van der Waals surface area contributed by atoms with Crippen LogP contribution >= 0.6 is 12.2 Å². The smallest absolute Gasteiger partial charge is 0.317 e. The number of benzene rings is 2. The lowest BCUT2D eigenvalue weighted by Gasteiger charge is -2.55. The van der Waals surface area contributed by atoms with Crippen molar-refractivity contribution in [2.24, 2.45) is 5.92 Å². The molecule has 3 atom stereocenters. The van der Waals surface area contributed by atoms with E-state index in [2.05, 4.69) is 5.32 Å². The summed E-state index contributed by atoms with van der Waals surface area (Å²) in [4.78, 5) is 14.8. The van der Waals surface area contributed by atoms with Gasteiger partial charge in [0.2, 0.25) is 5.72 Å². The highest BCUT2D eigenvalue weighted by Gasteiger charge is 2.59. The number of carbonyl (C=O) groups is 1. The summed E-state index contributed by atoms with van der Waals surface area (Å²) >= 11 is 5.65. The van der Waals surface area contributed by atoms with Crippen LogP contribution in [0.15, 0.2) is 54.6 Å². The van der Waals surface area contributed by atoms with E-state index in [1.54, 1.807) is 6.92 Å². The van der Waals surface area contributed by atoms with E-state index in [4.69, 9.17) is 21.7 Å². The van der Waals surface area contributed by atoms with Crippen molar-refractivity contribution in [1.29, 1.82) is 0 Å². The minimum absolute atomic E-state index is 0.295. The van der Waals surface area contributed by atoms with Crippen LogP contribution < -0.4 is 15.0 Å². The fourth-order valence-electron chi connectivity index (χ4n) is 3.89. The first-order valence-electron chi connectivity index (χ1n) is 8.66. The number of carbonyl (C=O) groups excluding carboxylic acids is 1. The van der Waals surface area contributed by atoms with Crippen molar-refractivity contribution in [3.63, 3.8) is 0 Å². The van der Waals surface area contributed by atoms with Crippen molar-refractivity contribution in [2.75, 3.05) is 11.5 Å². The molecule has 0 radical (unpaired) electrons. The number of ether oxygens (including phenoxy) is 2. The van der Waals surface area contributed by atoms with Gasteiger partial charge in [0.1, 0.15) is 11.7 Å². The lowest BCUT2D eigenvalue weighted by molar-refractivity contribution is -0.159. The summed E-state index contributed by atoms with van der Waals surface area (Å²) < 4.78 is 11.8. The van der Waals surface area contributed by atoms with Crippen LogP contribution in [0.4, 0.5) is 5.69 Å². The van der Waals surface area contributed by atoms with E-state index in [-0.39, 0.29) is 12.0 Å². The summed E-state index contributed by atoms with van der Waals surface area (Å²) in [5, 5.41) is 3.87. The first kappa shape index (κ1) is 16.8. The molecule has 0 saturated carbocycles. The Bertz CT molecular complexity index is 857. The van der Waals surface area contributed by atoms with Crippen molar-refractivity contribution >= 4 is 29.0 Å². The maximum Gasteiger partial charge on any atom is 0.317 e. The average molecular weight is 368 g/mol. The first-order chi connectivity index (χ1) is 12.6. The summed E-state index contributed by atoms with van der Waals surface area (Å²) in [7, 11) is 0. The fourth-order valence-corrected chi connectivity index (χ4v) is 4.30. The Morgan fingerprint density at radius 1 is 1.23 bits per heavy atom. The Morgan fingerprint density at radius 2 is 1.92 bits per heavy atom. The van der Waals surface area contributed by atoms with Crippen LogP contribution in [-0.2, 0) is 9.53 Å². The van der Waals surface area contributed by atoms with Crippen LogP contribution in [0.1, 0.15) is 25.5 Å². The average Bonchev–Trinajstić information content (AvgIpc) is 2.62. The highest BCUT2D eigenvalue weighted by Crippen LogP contribution is 2.49. The molecule has 5 nitrogen and oxygen atoms in total. The topological polar surface area (TPSA) is 50.8 Å². The SMILES string of the molecule is CCOC(=O)C1C2NC(=S)N(c3ccccc3)C1(C)Oc1ccccc12. The minimum Gasteiger partial charge on any atom is -0.466 e. The molecule has 1 fully saturated rings. The monoisotopic (exact) mass is 368 g/mol. The van der Waals surface area contributed by atoms with Crippen LogP contribution in [0.5, 0.6) is 5.75 Å². The van der Waals surface area contributed by atoms with Gasteiger partial charge in [0, 0.05) is 11.3 Å². The molecule has 2 aliphatic heterocycles. The number of hydrogen-bond acceptors (Lipinski definition) is 4. The Hall–Kier alpha value is -2.60. The molecule has 26 heavy (non-hydrogen) atoms. The zero-order valence-corrected chi connectivity index (χ0v) is 15.5. The second-order valence-electron chi connectivity index (χ2n) is 6.52. The van der Waals surface area contributed by atoms with Crippen molar-refractivity contribution in [1.82, 2.24) is 5.32 Å². The Morgan fingerprint density at radius 3 is 2.65 bits per heavy atom. The van der Waals surface area contributed by atoms with Gasteiger partial charge in [-0.05, 0) is 44.3 Å². The predicted molar refractivity (Wildman–Crippen MR) is 103 cm³/mol. The molecule has 0 amide bonds. The molecule has 2 aromatic carbocycles. The van der Waals surface area contributed by atoms with Crippen molar-refractivity contribution in [3.05, 3.63) is 60.2 Å². The Kier molecular flexibility index (Phi) is 4.07. The van der Waals surface area contributed by atoms with Gasteiger partial charge in [0.15, 0.2) is 5.11 Å². The molecule has 2 aliphatic rings. The molecule has 4 rings (SSSR count). The van der Waals surface area contributed by atoms with Gasteiger partial charge in [-0.3, -0.25) is 9.69 Å². The molecule has 2 heterocycles. The number of para-hydroxylation sites is 2. The first-order valence-corrected chi connectivity index (χ1v) is 9.07. The highest BCUT2D eigenvalue weighted by atomic mass is 32.1. The van der Waals surface area contributed by atoms with Crippen LogP contribution in [0.2, 0.25) is 0 Å². The Balaban J connectivity index is 1.89. The lowest BCUT2D eigenvalue weighted by Crippen LogP contribution is -2.71. The quantitative estimate of drug-likeness (QED) is 0.662. The molecule has 0 aliphatic carbocycles. The van der Waals surface area contributed by atoms with Gasteiger partial charge in [0.25, 0.3) is 0 Å². The molecule has 0 spiro atoms. The molecular weight excluding hydrogens is 348 g/mol. The van der Waals surface area contributed by atoms with Gasteiger partial charge < -0.3 is 14.8 Å². The number of esters is 1. The van der Waals surface area contributed by atoms with E-state index < -0.39 is 11.6 Å².